The van der Waals surface area contributed by atoms with E-state index in [4.69, 9.17) is 4.74 Å². The summed E-state index contributed by atoms with van der Waals surface area (Å²) >= 11 is 1.55. The molecule has 1 aliphatic rings. The number of methoxy groups -OCH3 is 1. The maximum absolute atomic E-state index is 9.85. The van der Waals surface area contributed by atoms with Gasteiger partial charge in [0.05, 0.1) is 30.7 Å². The highest BCUT2D eigenvalue weighted by Gasteiger charge is 2.37. The molecule has 1 aromatic carbocycles. The number of aliphatic imine (C=N–C) groups is 1. The van der Waals surface area contributed by atoms with Gasteiger partial charge < -0.3 is 4.74 Å². The van der Waals surface area contributed by atoms with Crippen molar-refractivity contribution in [1.29, 1.82) is 10.5 Å². The van der Waals surface area contributed by atoms with Crippen LogP contribution in [0.5, 0.6) is 5.75 Å². The summed E-state index contributed by atoms with van der Waals surface area (Å²) in [5.74, 6) is -0.0620. The van der Waals surface area contributed by atoms with Crippen molar-refractivity contribution in [1.82, 2.24) is 4.98 Å². The van der Waals surface area contributed by atoms with Gasteiger partial charge in [0.25, 0.3) is 0 Å². The van der Waals surface area contributed by atoms with Crippen molar-refractivity contribution in [2.45, 2.75) is 26.7 Å². The Balaban J connectivity index is 2.26. The molecule has 0 N–H and O–H groups in total. The fraction of sp³-hybridized carbons (Fsp3) is 0.300. The zero-order chi connectivity index (χ0) is 18.8. The smallest absolute Gasteiger partial charge is 0.124 e. The van der Waals surface area contributed by atoms with Crippen molar-refractivity contribution in [3.63, 3.8) is 0 Å². The summed E-state index contributed by atoms with van der Waals surface area (Å²) in [5.41, 5.74) is 4.92. The first kappa shape index (κ1) is 17.8. The minimum atomic E-state index is -0.417. The summed E-state index contributed by atoms with van der Waals surface area (Å²) in [4.78, 5) is 9.25. The summed E-state index contributed by atoms with van der Waals surface area (Å²) in [5, 5.41) is 21.9. The number of hydrogen-bond acceptors (Lipinski definition) is 6. The second-order valence-corrected chi connectivity index (χ2v) is 7.06. The Kier molecular flexibility index (Phi) is 4.88. The summed E-state index contributed by atoms with van der Waals surface area (Å²) < 4.78 is 5.55. The largest absolute Gasteiger partial charge is 0.496 e. The number of thiazole rings is 1. The number of hydrogen-bond donors (Lipinski definition) is 0. The molecule has 2 aromatic rings. The Hall–Kier alpha value is -2.96. The molecular formula is C20H18N4OS. The van der Waals surface area contributed by atoms with Crippen LogP contribution in [0.4, 0.5) is 0 Å². The number of nitriles is 2. The van der Waals surface area contributed by atoms with Crippen molar-refractivity contribution in [3.8, 4) is 17.9 Å². The minimum absolute atomic E-state index is 0.245. The highest BCUT2D eigenvalue weighted by atomic mass is 32.1. The predicted molar refractivity (Wildman–Crippen MR) is 102 cm³/mol. The van der Waals surface area contributed by atoms with Crippen LogP contribution in [0, 0.1) is 35.5 Å². The van der Waals surface area contributed by atoms with Gasteiger partial charge in [-0.3, -0.25) is 4.99 Å². The lowest BCUT2D eigenvalue weighted by molar-refractivity contribution is 0.407. The fourth-order valence-corrected chi connectivity index (χ4v) is 4.27. The van der Waals surface area contributed by atoms with Gasteiger partial charge in [0, 0.05) is 39.5 Å². The van der Waals surface area contributed by atoms with E-state index in [0.717, 1.165) is 33.2 Å². The summed E-state index contributed by atoms with van der Waals surface area (Å²) in [6, 6.07) is 9.87. The highest BCUT2D eigenvalue weighted by Crippen LogP contribution is 2.47. The SMILES string of the molecule is COc1cc(C#N)ccc1C1C(c2nc(C)cs2)=C(C)N=C(C)C1C#N. The summed E-state index contributed by atoms with van der Waals surface area (Å²) in [6.45, 7) is 5.78. The van der Waals surface area contributed by atoms with Gasteiger partial charge in [-0.2, -0.15) is 10.5 Å². The highest BCUT2D eigenvalue weighted by molar-refractivity contribution is 7.10. The third-order valence-corrected chi connectivity index (χ3v) is 5.51. The molecular weight excluding hydrogens is 344 g/mol. The Morgan fingerprint density at radius 2 is 1.96 bits per heavy atom. The van der Waals surface area contributed by atoms with Gasteiger partial charge in [-0.1, -0.05) is 6.07 Å². The zero-order valence-electron chi connectivity index (χ0n) is 15.1. The van der Waals surface area contributed by atoms with E-state index in [2.05, 4.69) is 22.1 Å². The third-order valence-electron chi connectivity index (χ3n) is 4.51. The van der Waals surface area contributed by atoms with Crippen LogP contribution in [-0.4, -0.2) is 17.8 Å². The molecule has 0 fully saturated rings. The standard InChI is InChI=1S/C20H18N4OS/c1-11-10-26-20(23-11)18-13(3)24-12(2)16(9-22)19(18)15-6-5-14(8-21)7-17(15)25-4/h5-7,10,16,19H,1-4H3. The molecule has 2 heterocycles. The van der Waals surface area contributed by atoms with Crippen LogP contribution >= 0.6 is 11.3 Å². The van der Waals surface area contributed by atoms with Crippen LogP contribution in [0.25, 0.3) is 5.57 Å². The first-order valence-electron chi connectivity index (χ1n) is 8.16. The van der Waals surface area contributed by atoms with E-state index in [1.54, 1.807) is 30.6 Å². The van der Waals surface area contributed by atoms with E-state index in [0.29, 0.717) is 11.3 Å². The quantitative estimate of drug-likeness (QED) is 0.807. The number of aromatic nitrogens is 1. The third kappa shape index (κ3) is 3.00. The van der Waals surface area contributed by atoms with E-state index < -0.39 is 5.92 Å². The average Bonchev–Trinajstić information content (AvgIpc) is 3.06. The van der Waals surface area contributed by atoms with Crippen molar-refractivity contribution in [2.24, 2.45) is 10.9 Å². The maximum Gasteiger partial charge on any atom is 0.124 e. The molecule has 2 atom stereocenters. The van der Waals surface area contributed by atoms with Crippen molar-refractivity contribution in [2.75, 3.05) is 7.11 Å². The van der Waals surface area contributed by atoms with E-state index in [1.165, 1.54) is 0 Å². The summed E-state index contributed by atoms with van der Waals surface area (Å²) in [6.07, 6.45) is 0. The minimum Gasteiger partial charge on any atom is -0.496 e. The lowest BCUT2D eigenvalue weighted by atomic mass is 9.76. The number of aryl methyl sites for hydroxylation is 1. The Bertz CT molecular complexity index is 1000. The van der Waals surface area contributed by atoms with E-state index >= 15 is 0 Å². The van der Waals surface area contributed by atoms with Crippen LogP contribution in [0.3, 0.4) is 0 Å². The first-order valence-corrected chi connectivity index (χ1v) is 9.04. The van der Waals surface area contributed by atoms with Gasteiger partial charge >= 0.3 is 0 Å². The molecule has 5 nitrogen and oxygen atoms in total. The van der Waals surface area contributed by atoms with Gasteiger partial charge in [-0.05, 0) is 32.9 Å². The van der Waals surface area contributed by atoms with Crippen molar-refractivity contribution >= 4 is 22.6 Å². The van der Waals surface area contributed by atoms with Crippen LogP contribution in [0.1, 0.15) is 41.6 Å². The van der Waals surface area contributed by atoms with Gasteiger partial charge in [0.15, 0.2) is 0 Å². The second kappa shape index (κ2) is 7.11. The van der Waals surface area contributed by atoms with E-state index in [1.807, 2.05) is 32.2 Å². The van der Waals surface area contributed by atoms with Gasteiger partial charge in [0.1, 0.15) is 10.8 Å². The molecule has 0 aliphatic carbocycles. The Morgan fingerprint density at radius 1 is 1.19 bits per heavy atom. The molecule has 26 heavy (non-hydrogen) atoms. The molecule has 0 spiro atoms. The molecule has 1 aliphatic heterocycles. The Labute approximate surface area is 156 Å². The van der Waals surface area contributed by atoms with E-state index in [-0.39, 0.29) is 5.92 Å². The fourth-order valence-electron chi connectivity index (χ4n) is 3.33. The lowest BCUT2D eigenvalue weighted by Crippen LogP contribution is -2.25. The number of nitrogens with zero attached hydrogens (tertiary/aromatic N) is 4. The Morgan fingerprint density at radius 3 is 2.54 bits per heavy atom. The van der Waals surface area contributed by atoms with Crippen molar-refractivity contribution < 1.29 is 4.74 Å². The summed E-state index contributed by atoms with van der Waals surface area (Å²) in [7, 11) is 1.58. The van der Waals surface area contributed by atoms with Crippen LogP contribution in [0.15, 0.2) is 34.3 Å². The molecule has 3 rings (SSSR count). The maximum atomic E-state index is 9.85. The van der Waals surface area contributed by atoms with E-state index in [9.17, 15) is 10.5 Å². The molecule has 0 bridgehead atoms. The number of benzene rings is 1. The van der Waals surface area contributed by atoms with Crippen LogP contribution in [0.2, 0.25) is 0 Å². The molecule has 130 valence electrons. The number of ether oxygens (including phenoxy) is 1. The van der Waals surface area contributed by atoms with Crippen LogP contribution < -0.4 is 4.74 Å². The normalized spacial score (nSPS) is 19.5. The molecule has 0 saturated carbocycles. The predicted octanol–water partition coefficient (Wildman–Crippen LogP) is 4.46. The number of allylic oxidation sites excluding steroid dienone is 2. The van der Waals surface area contributed by atoms with Crippen LogP contribution in [-0.2, 0) is 0 Å². The molecule has 0 radical (unpaired) electrons. The molecule has 1 aromatic heterocycles. The van der Waals surface area contributed by atoms with Gasteiger partial charge in [-0.15, -0.1) is 11.3 Å². The molecule has 0 saturated heterocycles. The molecule has 0 amide bonds. The second-order valence-electron chi connectivity index (χ2n) is 6.20. The lowest BCUT2D eigenvalue weighted by Gasteiger charge is -2.30. The molecule has 6 heteroatoms. The van der Waals surface area contributed by atoms with Gasteiger partial charge in [-0.25, -0.2) is 4.98 Å². The average molecular weight is 362 g/mol. The van der Waals surface area contributed by atoms with Crippen molar-refractivity contribution in [3.05, 3.63) is 51.1 Å². The topological polar surface area (TPSA) is 82.1 Å². The van der Waals surface area contributed by atoms with Gasteiger partial charge in [0.2, 0.25) is 0 Å². The first-order chi connectivity index (χ1) is 12.5. The number of rotatable bonds is 3. The zero-order valence-corrected chi connectivity index (χ0v) is 15.9. The monoisotopic (exact) mass is 362 g/mol. The molecule has 2 unspecified atom stereocenters.